The molecule has 0 amide bonds. The van der Waals surface area contributed by atoms with Crippen LogP contribution in [-0.4, -0.2) is 8.80 Å². The lowest BCUT2D eigenvalue weighted by atomic mass is 9.76. The Hall–Kier alpha value is 0.0269. The Bertz CT molecular complexity index is 553. The molecular weight excluding hydrogens is 457 g/mol. The molecule has 1 aliphatic heterocycles. The van der Waals surface area contributed by atoms with Gasteiger partial charge in [0.25, 0.3) is 0 Å². The summed E-state index contributed by atoms with van der Waals surface area (Å²) in [7, 11) is -0.341. The Morgan fingerprint density at radius 1 is 0.923 bits per heavy atom. The average Bonchev–Trinajstić information content (AvgIpc) is 2.66. The minimum absolute atomic E-state index is 0.122. The Labute approximate surface area is 173 Å². The molecule has 0 atom stereocenters. The molecule has 0 radical (unpaired) electrons. The van der Waals surface area contributed by atoms with Gasteiger partial charge in [-0.1, -0.05) is 57.2 Å². The van der Waals surface area contributed by atoms with E-state index in [1.807, 2.05) is 0 Å². The molecule has 1 saturated heterocycles. The van der Waals surface area contributed by atoms with Gasteiger partial charge in [-0.15, -0.1) is 0 Å². The van der Waals surface area contributed by atoms with Crippen LogP contribution >= 0.6 is 22.6 Å². The van der Waals surface area contributed by atoms with Crippen LogP contribution in [0.5, 0.6) is 0 Å². The first-order valence-corrected chi connectivity index (χ1v) is 14.2. The number of rotatable bonds is 6. The van der Waals surface area contributed by atoms with Gasteiger partial charge in [-0.05, 0) is 83.7 Å². The monoisotopic (exact) mass is 490 g/mol. The first-order chi connectivity index (χ1) is 12.6. The molecule has 0 N–H and O–H groups in total. The first kappa shape index (κ1) is 20.8. The fourth-order valence-corrected chi connectivity index (χ4v) is 9.16. The fraction of sp³-hybridized carbons (Fsp3) is 0.727. The maximum absolute atomic E-state index is 13.8. The molecule has 1 aliphatic carbocycles. The molecule has 0 spiro atoms. The van der Waals surface area contributed by atoms with Crippen LogP contribution in [0.1, 0.15) is 76.2 Å². The summed E-state index contributed by atoms with van der Waals surface area (Å²) in [6.07, 6.45) is 11.9. The van der Waals surface area contributed by atoms with Gasteiger partial charge in [0.05, 0.1) is 3.57 Å². The van der Waals surface area contributed by atoms with E-state index in [2.05, 4.69) is 6.92 Å². The van der Waals surface area contributed by atoms with Gasteiger partial charge in [0.15, 0.2) is 0 Å². The average molecular weight is 490 g/mol. The van der Waals surface area contributed by atoms with E-state index in [9.17, 15) is 8.78 Å². The molecule has 0 nitrogen and oxygen atoms in total. The summed E-state index contributed by atoms with van der Waals surface area (Å²) in [5.74, 6) is 1.39. The third-order valence-corrected chi connectivity index (χ3v) is 11.7. The van der Waals surface area contributed by atoms with E-state index in [1.54, 1.807) is 52.9 Å². The van der Waals surface area contributed by atoms with Crippen molar-refractivity contribution in [2.75, 3.05) is 0 Å². The summed E-state index contributed by atoms with van der Waals surface area (Å²) < 4.78 is 27.8. The van der Waals surface area contributed by atoms with Gasteiger partial charge in [0.1, 0.15) is 11.6 Å². The molecule has 1 heterocycles. The maximum Gasteiger partial charge on any atom is 0.139 e. The largest absolute Gasteiger partial charge is 0.206 e. The van der Waals surface area contributed by atoms with Crippen molar-refractivity contribution < 1.29 is 8.78 Å². The maximum atomic E-state index is 13.8. The van der Waals surface area contributed by atoms with Gasteiger partial charge in [0.2, 0.25) is 0 Å². The van der Waals surface area contributed by atoms with Crippen LogP contribution in [0.15, 0.2) is 12.1 Å². The van der Waals surface area contributed by atoms with Crippen molar-refractivity contribution in [3.05, 3.63) is 32.9 Å². The first-order valence-electron chi connectivity index (χ1n) is 10.7. The molecule has 0 unspecified atom stereocenters. The molecule has 3 rings (SSSR count). The van der Waals surface area contributed by atoms with E-state index in [1.165, 1.54) is 44.9 Å². The van der Waals surface area contributed by atoms with Crippen molar-refractivity contribution in [2.24, 2.45) is 11.8 Å². The summed E-state index contributed by atoms with van der Waals surface area (Å²) in [5, 5.41) is 0. The molecule has 146 valence electrons. The smallest absolute Gasteiger partial charge is 0.139 e. The van der Waals surface area contributed by atoms with Crippen LogP contribution in [-0.2, 0) is 0 Å². The highest BCUT2D eigenvalue weighted by Crippen LogP contribution is 2.40. The summed E-state index contributed by atoms with van der Waals surface area (Å²) in [4.78, 5) is 0. The van der Waals surface area contributed by atoms with Crippen molar-refractivity contribution in [1.29, 1.82) is 0 Å². The van der Waals surface area contributed by atoms with Crippen LogP contribution in [0.4, 0.5) is 8.78 Å². The highest BCUT2D eigenvalue weighted by molar-refractivity contribution is 14.1. The molecule has 2 fully saturated rings. The second kappa shape index (κ2) is 9.99. The van der Waals surface area contributed by atoms with Gasteiger partial charge < -0.3 is 0 Å². The molecule has 1 aromatic rings. The topological polar surface area (TPSA) is 0 Å². The van der Waals surface area contributed by atoms with E-state index in [0.29, 0.717) is 5.92 Å². The zero-order valence-electron chi connectivity index (χ0n) is 16.1. The van der Waals surface area contributed by atoms with Gasteiger partial charge in [-0.2, -0.15) is 0 Å². The molecule has 0 aromatic heterocycles. The number of hydrogen-bond acceptors (Lipinski definition) is 0. The lowest BCUT2D eigenvalue weighted by Crippen LogP contribution is -2.22. The van der Waals surface area contributed by atoms with Crippen molar-refractivity contribution in [3.63, 3.8) is 0 Å². The summed E-state index contributed by atoms with van der Waals surface area (Å²) in [5.41, 5.74) is 0.873. The quantitative estimate of drug-likeness (QED) is 0.218. The minimum atomic E-state index is -0.398. The van der Waals surface area contributed by atoms with Crippen molar-refractivity contribution in [2.45, 2.75) is 88.8 Å². The van der Waals surface area contributed by atoms with Crippen molar-refractivity contribution in [1.82, 2.24) is 0 Å². The number of halogens is 3. The third-order valence-electron chi connectivity index (χ3n) is 6.97. The lowest BCUT2D eigenvalue weighted by Gasteiger charge is -2.32. The lowest BCUT2D eigenvalue weighted by molar-refractivity contribution is 0.279. The molecule has 0 bridgehead atoms. The Balaban J connectivity index is 1.40. The molecule has 1 saturated carbocycles. The number of hydrogen-bond donors (Lipinski definition) is 0. The predicted molar refractivity (Wildman–Crippen MR) is 118 cm³/mol. The van der Waals surface area contributed by atoms with Crippen LogP contribution in [0.3, 0.4) is 0 Å². The van der Waals surface area contributed by atoms with Gasteiger partial charge in [-0.25, -0.2) is 8.78 Å². The normalized spacial score (nSPS) is 29.7. The third kappa shape index (κ3) is 5.52. The van der Waals surface area contributed by atoms with Crippen molar-refractivity contribution >= 4 is 31.4 Å². The molecule has 4 heteroatoms. The molecule has 26 heavy (non-hydrogen) atoms. The standard InChI is InChI=1S/C22H33F2ISi/c1-2-11-26-12-9-17(10-13-26)4-3-16-5-7-18(8-6-16)19-14-20(23)22(25)21(24)15-19/h14-18,26H,2-13H2,1H3/t16?,17-,18?,26-. The number of benzene rings is 1. The second-order valence-corrected chi connectivity index (χ2v) is 13.3. The van der Waals surface area contributed by atoms with E-state index in [0.717, 1.165) is 30.2 Å². The summed E-state index contributed by atoms with van der Waals surface area (Å²) in [6, 6.07) is 7.88. The second-order valence-electron chi connectivity index (χ2n) is 8.77. The van der Waals surface area contributed by atoms with E-state index in [4.69, 9.17) is 0 Å². The fourth-order valence-electron chi connectivity index (χ4n) is 5.28. The minimum Gasteiger partial charge on any atom is -0.206 e. The summed E-state index contributed by atoms with van der Waals surface area (Å²) in [6.45, 7) is 2.34. The zero-order chi connectivity index (χ0) is 18.5. The molecule has 1 aromatic carbocycles. The zero-order valence-corrected chi connectivity index (χ0v) is 19.4. The van der Waals surface area contributed by atoms with Crippen LogP contribution in [0.25, 0.3) is 0 Å². The molecular formula is C22H33F2ISi. The Kier molecular flexibility index (Phi) is 7.98. The van der Waals surface area contributed by atoms with Crippen LogP contribution in [0.2, 0.25) is 18.1 Å². The van der Waals surface area contributed by atoms with E-state index >= 15 is 0 Å². The highest BCUT2D eigenvalue weighted by atomic mass is 127. The highest BCUT2D eigenvalue weighted by Gasteiger charge is 2.26. The van der Waals surface area contributed by atoms with E-state index < -0.39 is 11.6 Å². The van der Waals surface area contributed by atoms with Crippen LogP contribution < -0.4 is 0 Å². The Morgan fingerprint density at radius 3 is 2.00 bits per heavy atom. The van der Waals surface area contributed by atoms with Gasteiger partial charge >= 0.3 is 0 Å². The predicted octanol–water partition coefficient (Wildman–Crippen LogP) is 7.67. The summed E-state index contributed by atoms with van der Waals surface area (Å²) >= 11 is 1.75. The van der Waals surface area contributed by atoms with Crippen molar-refractivity contribution in [3.8, 4) is 0 Å². The van der Waals surface area contributed by atoms with Gasteiger partial charge in [0, 0.05) is 8.80 Å². The SMILES string of the molecule is CCC[Si@H]1CC[C@H](CCC2CCC(c3cc(F)c(I)c(F)c3)CC2)CC1. The Morgan fingerprint density at radius 2 is 1.46 bits per heavy atom. The van der Waals surface area contributed by atoms with Crippen LogP contribution in [0, 0.1) is 27.0 Å². The molecule has 2 aliphatic rings. The van der Waals surface area contributed by atoms with Gasteiger partial charge in [-0.3, -0.25) is 0 Å². The van der Waals surface area contributed by atoms with E-state index in [-0.39, 0.29) is 12.4 Å².